The standard InChI is InChI=1S/C13H22N2O/c1-4-12(8-14-11(2)3)9-15-7-5-6-13(16)10-15/h4,8,13,16H,2,5-7,9-10H2,1,3H3/b12-4+,14-8?. The second-order valence-corrected chi connectivity index (χ2v) is 4.39. The lowest BCUT2D eigenvalue weighted by Crippen LogP contribution is -2.39. The van der Waals surface area contributed by atoms with Crippen LogP contribution >= 0.6 is 0 Å². The molecule has 3 nitrogen and oxygen atoms in total. The molecule has 90 valence electrons. The van der Waals surface area contributed by atoms with Crippen molar-refractivity contribution in [1.29, 1.82) is 0 Å². The van der Waals surface area contributed by atoms with Crippen molar-refractivity contribution in [3.8, 4) is 0 Å². The topological polar surface area (TPSA) is 35.8 Å². The quantitative estimate of drug-likeness (QED) is 0.738. The summed E-state index contributed by atoms with van der Waals surface area (Å²) in [5.74, 6) is 0. The number of nitrogens with zero attached hydrogens (tertiary/aromatic N) is 2. The summed E-state index contributed by atoms with van der Waals surface area (Å²) in [5, 5.41) is 9.57. The van der Waals surface area contributed by atoms with Gasteiger partial charge < -0.3 is 5.11 Å². The van der Waals surface area contributed by atoms with E-state index in [1.54, 1.807) is 0 Å². The van der Waals surface area contributed by atoms with Gasteiger partial charge in [0, 0.05) is 25.0 Å². The zero-order valence-corrected chi connectivity index (χ0v) is 10.3. The van der Waals surface area contributed by atoms with E-state index in [1.807, 2.05) is 20.1 Å². The van der Waals surface area contributed by atoms with Crippen LogP contribution < -0.4 is 0 Å². The van der Waals surface area contributed by atoms with Gasteiger partial charge in [0.1, 0.15) is 0 Å². The number of β-amino-alcohol motifs (C(OH)–C–C–N with tert-alkyl or cyclic N) is 1. The summed E-state index contributed by atoms with van der Waals surface area (Å²) >= 11 is 0. The number of likely N-dealkylation sites (tertiary alicyclic amines) is 1. The molecule has 0 bridgehead atoms. The highest BCUT2D eigenvalue weighted by Crippen LogP contribution is 2.11. The normalized spacial score (nSPS) is 23.9. The highest BCUT2D eigenvalue weighted by molar-refractivity contribution is 5.79. The number of hydrogen-bond acceptors (Lipinski definition) is 3. The van der Waals surface area contributed by atoms with Crippen molar-refractivity contribution < 1.29 is 5.11 Å². The van der Waals surface area contributed by atoms with Crippen LogP contribution in [0.3, 0.4) is 0 Å². The smallest absolute Gasteiger partial charge is 0.0667 e. The summed E-state index contributed by atoms with van der Waals surface area (Å²) in [4.78, 5) is 6.48. The molecule has 0 amide bonds. The molecule has 0 saturated carbocycles. The Balaban J connectivity index is 2.47. The van der Waals surface area contributed by atoms with Crippen LogP contribution in [0, 0.1) is 0 Å². The molecular formula is C13H22N2O. The predicted octanol–water partition coefficient (Wildman–Crippen LogP) is 1.99. The number of hydrogen-bond donors (Lipinski definition) is 1. The summed E-state index contributed by atoms with van der Waals surface area (Å²) in [5.41, 5.74) is 2.00. The SMILES string of the molecule is C=C(C)N=C/C(=C\C)CN1CCCC(O)C1. The Morgan fingerprint density at radius 3 is 2.94 bits per heavy atom. The number of allylic oxidation sites excluding steroid dienone is 2. The molecule has 1 aliphatic rings. The van der Waals surface area contributed by atoms with Gasteiger partial charge in [0.2, 0.25) is 0 Å². The molecule has 1 N–H and O–H groups in total. The van der Waals surface area contributed by atoms with Gasteiger partial charge in [-0.05, 0) is 38.8 Å². The van der Waals surface area contributed by atoms with Gasteiger partial charge in [0.05, 0.1) is 6.10 Å². The molecule has 0 spiro atoms. The van der Waals surface area contributed by atoms with Crippen LogP contribution in [0.1, 0.15) is 26.7 Å². The maximum Gasteiger partial charge on any atom is 0.0667 e. The Hall–Kier alpha value is -0.930. The molecule has 1 saturated heterocycles. The Morgan fingerprint density at radius 2 is 2.38 bits per heavy atom. The molecule has 1 fully saturated rings. The molecular weight excluding hydrogens is 200 g/mol. The fourth-order valence-electron chi connectivity index (χ4n) is 1.83. The molecule has 3 heteroatoms. The van der Waals surface area contributed by atoms with Crippen molar-refractivity contribution in [2.24, 2.45) is 4.99 Å². The van der Waals surface area contributed by atoms with Gasteiger partial charge in [-0.15, -0.1) is 0 Å². The van der Waals surface area contributed by atoms with Gasteiger partial charge in [0.25, 0.3) is 0 Å². The number of rotatable bonds is 4. The van der Waals surface area contributed by atoms with E-state index in [2.05, 4.69) is 22.5 Å². The maximum atomic E-state index is 9.57. The first-order valence-electron chi connectivity index (χ1n) is 5.87. The van der Waals surface area contributed by atoms with E-state index in [1.165, 1.54) is 5.57 Å². The Morgan fingerprint density at radius 1 is 1.62 bits per heavy atom. The van der Waals surface area contributed by atoms with E-state index < -0.39 is 0 Å². The molecule has 1 rings (SSSR count). The van der Waals surface area contributed by atoms with Gasteiger partial charge >= 0.3 is 0 Å². The average molecular weight is 222 g/mol. The zero-order valence-electron chi connectivity index (χ0n) is 10.3. The molecule has 1 heterocycles. The molecule has 1 atom stereocenters. The summed E-state index contributed by atoms with van der Waals surface area (Å²) in [7, 11) is 0. The molecule has 1 aliphatic heterocycles. The minimum atomic E-state index is -0.162. The molecule has 1 unspecified atom stereocenters. The van der Waals surface area contributed by atoms with Crippen LogP contribution in [0.4, 0.5) is 0 Å². The van der Waals surface area contributed by atoms with E-state index in [0.29, 0.717) is 0 Å². The van der Waals surface area contributed by atoms with Gasteiger partial charge in [0.15, 0.2) is 0 Å². The third-order valence-electron chi connectivity index (χ3n) is 2.71. The number of aliphatic imine (C=N–C) groups is 1. The van der Waals surface area contributed by atoms with Crippen molar-refractivity contribution in [3.63, 3.8) is 0 Å². The van der Waals surface area contributed by atoms with Gasteiger partial charge in [-0.1, -0.05) is 12.7 Å². The Bertz CT molecular complexity index is 294. The van der Waals surface area contributed by atoms with E-state index in [4.69, 9.17) is 0 Å². The minimum absolute atomic E-state index is 0.162. The summed E-state index contributed by atoms with van der Waals surface area (Å²) < 4.78 is 0. The lowest BCUT2D eigenvalue weighted by molar-refractivity contribution is 0.0764. The largest absolute Gasteiger partial charge is 0.392 e. The Labute approximate surface area is 98.2 Å². The molecule has 0 aliphatic carbocycles. The van der Waals surface area contributed by atoms with Crippen molar-refractivity contribution in [2.45, 2.75) is 32.8 Å². The summed E-state index contributed by atoms with van der Waals surface area (Å²) in [6.45, 7) is 10.3. The molecule has 16 heavy (non-hydrogen) atoms. The third-order valence-corrected chi connectivity index (χ3v) is 2.71. The van der Waals surface area contributed by atoms with Crippen LogP contribution in [-0.2, 0) is 0 Å². The fraction of sp³-hybridized carbons (Fsp3) is 0.615. The molecule has 0 aromatic heterocycles. The van der Waals surface area contributed by atoms with Crippen molar-refractivity contribution in [2.75, 3.05) is 19.6 Å². The van der Waals surface area contributed by atoms with Crippen LogP contribution in [0.15, 0.2) is 28.9 Å². The first-order chi connectivity index (χ1) is 7.61. The zero-order chi connectivity index (χ0) is 12.0. The lowest BCUT2D eigenvalue weighted by atomic mass is 10.1. The number of aliphatic hydroxyl groups excluding tert-OH is 1. The minimum Gasteiger partial charge on any atom is -0.392 e. The fourth-order valence-corrected chi connectivity index (χ4v) is 1.83. The number of piperidine rings is 1. The monoisotopic (exact) mass is 222 g/mol. The van der Waals surface area contributed by atoms with Crippen molar-refractivity contribution in [3.05, 3.63) is 23.9 Å². The van der Waals surface area contributed by atoms with Crippen molar-refractivity contribution >= 4 is 6.21 Å². The van der Waals surface area contributed by atoms with E-state index in [0.717, 1.165) is 38.2 Å². The van der Waals surface area contributed by atoms with Crippen LogP contribution in [0.5, 0.6) is 0 Å². The predicted molar refractivity (Wildman–Crippen MR) is 68.7 cm³/mol. The van der Waals surface area contributed by atoms with Crippen LogP contribution in [-0.4, -0.2) is 42.0 Å². The highest BCUT2D eigenvalue weighted by Gasteiger charge is 2.17. The van der Waals surface area contributed by atoms with Gasteiger partial charge in [-0.25, -0.2) is 0 Å². The average Bonchev–Trinajstić information content (AvgIpc) is 2.24. The highest BCUT2D eigenvalue weighted by atomic mass is 16.3. The summed E-state index contributed by atoms with van der Waals surface area (Å²) in [6, 6.07) is 0. The van der Waals surface area contributed by atoms with E-state index >= 15 is 0 Å². The molecule has 0 radical (unpaired) electrons. The second-order valence-electron chi connectivity index (χ2n) is 4.39. The Kier molecular flexibility index (Phi) is 5.43. The third kappa shape index (κ3) is 4.73. The maximum absolute atomic E-state index is 9.57. The van der Waals surface area contributed by atoms with E-state index in [9.17, 15) is 5.11 Å². The first kappa shape index (κ1) is 13.1. The lowest BCUT2D eigenvalue weighted by Gasteiger charge is -2.30. The van der Waals surface area contributed by atoms with Gasteiger partial charge in [-0.3, -0.25) is 9.89 Å². The van der Waals surface area contributed by atoms with Crippen molar-refractivity contribution in [1.82, 2.24) is 4.90 Å². The van der Waals surface area contributed by atoms with Gasteiger partial charge in [-0.2, -0.15) is 0 Å². The van der Waals surface area contributed by atoms with E-state index in [-0.39, 0.29) is 6.10 Å². The van der Waals surface area contributed by atoms with Crippen LogP contribution in [0.25, 0.3) is 0 Å². The molecule has 0 aromatic carbocycles. The van der Waals surface area contributed by atoms with Crippen LogP contribution in [0.2, 0.25) is 0 Å². The first-order valence-corrected chi connectivity index (χ1v) is 5.87. The number of aliphatic hydroxyl groups is 1. The molecule has 0 aromatic rings. The second kappa shape index (κ2) is 6.61. The summed E-state index contributed by atoms with van der Waals surface area (Å²) in [6.07, 6.45) is 5.78.